The molecule has 1 unspecified atom stereocenters. The maximum absolute atomic E-state index is 12.9. The smallest absolute Gasteiger partial charge is 0.323 e. The van der Waals surface area contributed by atoms with E-state index in [4.69, 9.17) is 4.74 Å². The first-order valence-corrected chi connectivity index (χ1v) is 20.2. The molecule has 0 radical (unpaired) electrons. The third-order valence-electron chi connectivity index (χ3n) is 9.52. The van der Waals surface area contributed by atoms with Gasteiger partial charge in [-0.25, -0.2) is 0 Å². The summed E-state index contributed by atoms with van der Waals surface area (Å²) in [6, 6.07) is -0.198. The number of carbonyl (C=O) groups excluding carboxylic acids is 1. The molecule has 4 heteroatoms. The topological polar surface area (TPSA) is 49.8 Å². The molecule has 0 aliphatic rings. The van der Waals surface area contributed by atoms with Gasteiger partial charge in [0.15, 0.2) is 0 Å². The fourth-order valence-corrected chi connectivity index (χ4v) is 6.64. The van der Waals surface area contributed by atoms with Gasteiger partial charge in [0.05, 0.1) is 13.2 Å². The molecule has 0 fully saturated rings. The van der Waals surface area contributed by atoms with Gasteiger partial charge in [-0.3, -0.25) is 9.69 Å². The van der Waals surface area contributed by atoms with Gasteiger partial charge in [0.2, 0.25) is 0 Å². The third kappa shape index (κ3) is 30.1. The zero-order chi connectivity index (χ0) is 32.2. The van der Waals surface area contributed by atoms with E-state index in [2.05, 4.69) is 18.7 Å². The Bertz CT molecular complexity index is 555. The van der Waals surface area contributed by atoms with Crippen molar-refractivity contribution in [2.45, 2.75) is 226 Å². The number of aliphatic hydroxyl groups excluding tert-OH is 1. The largest absolute Gasteiger partial charge is 0.465 e. The van der Waals surface area contributed by atoms with Crippen molar-refractivity contribution in [3.63, 3.8) is 0 Å². The first-order chi connectivity index (χ1) is 21.7. The molecule has 0 aliphatic carbocycles. The highest BCUT2D eigenvalue weighted by atomic mass is 16.5. The van der Waals surface area contributed by atoms with Crippen molar-refractivity contribution in [2.24, 2.45) is 0 Å². The van der Waals surface area contributed by atoms with Gasteiger partial charge in [-0.05, 0) is 26.3 Å². The molecule has 0 amide bonds. The molecule has 264 valence electrons. The maximum Gasteiger partial charge on any atom is 0.323 e. The number of rotatable bonds is 37. The Labute approximate surface area is 277 Å². The second kappa shape index (κ2) is 36.9. The second-order valence-electron chi connectivity index (χ2n) is 13.7. The fraction of sp³-hybridized carbons (Fsp3) is 0.975. The van der Waals surface area contributed by atoms with Crippen LogP contribution in [0.3, 0.4) is 0 Å². The van der Waals surface area contributed by atoms with Crippen LogP contribution < -0.4 is 0 Å². The van der Waals surface area contributed by atoms with Gasteiger partial charge in [0, 0.05) is 6.54 Å². The summed E-state index contributed by atoms with van der Waals surface area (Å²) in [4.78, 5) is 15.1. The number of aliphatic hydroxyl groups is 1. The molecule has 0 aliphatic heterocycles. The van der Waals surface area contributed by atoms with Crippen LogP contribution in [0.4, 0.5) is 0 Å². The normalized spacial score (nSPS) is 12.3. The molecule has 4 nitrogen and oxygen atoms in total. The number of esters is 1. The summed E-state index contributed by atoms with van der Waals surface area (Å²) in [6.07, 6.45) is 41.6. The van der Waals surface area contributed by atoms with E-state index in [1.165, 1.54) is 180 Å². The molecule has 0 bridgehead atoms. The third-order valence-corrected chi connectivity index (χ3v) is 9.52. The van der Waals surface area contributed by atoms with Crippen molar-refractivity contribution in [1.29, 1.82) is 0 Å². The van der Waals surface area contributed by atoms with E-state index < -0.39 is 0 Å². The van der Waals surface area contributed by atoms with Crippen LogP contribution in [0.5, 0.6) is 0 Å². The van der Waals surface area contributed by atoms with Crippen LogP contribution in [-0.4, -0.2) is 48.3 Å². The fourth-order valence-electron chi connectivity index (χ4n) is 6.64. The summed E-state index contributed by atoms with van der Waals surface area (Å²) in [5.41, 5.74) is 0. The first kappa shape index (κ1) is 43.4. The predicted molar refractivity (Wildman–Crippen MR) is 194 cm³/mol. The van der Waals surface area contributed by atoms with Gasteiger partial charge in [0.25, 0.3) is 0 Å². The lowest BCUT2D eigenvalue weighted by Gasteiger charge is -2.29. The minimum atomic E-state index is -0.198. The van der Waals surface area contributed by atoms with Gasteiger partial charge in [-0.1, -0.05) is 200 Å². The summed E-state index contributed by atoms with van der Waals surface area (Å²) in [6.45, 7) is 8.47. The number of unbranched alkanes of at least 4 members (excludes halogenated alkanes) is 28. The van der Waals surface area contributed by atoms with E-state index in [-0.39, 0.29) is 18.6 Å². The molecule has 44 heavy (non-hydrogen) atoms. The van der Waals surface area contributed by atoms with Crippen molar-refractivity contribution in [2.75, 3.05) is 26.3 Å². The first-order valence-electron chi connectivity index (χ1n) is 20.2. The van der Waals surface area contributed by atoms with E-state index in [1.807, 2.05) is 6.92 Å². The van der Waals surface area contributed by atoms with Crippen LogP contribution in [0.2, 0.25) is 0 Å². The summed E-state index contributed by atoms with van der Waals surface area (Å²) >= 11 is 0. The van der Waals surface area contributed by atoms with Gasteiger partial charge in [-0.15, -0.1) is 0 Å². The highest BCUT2D eigenvalue weighted by Crippen LogP contribution is 2.18. The van der Waals surface area contributed by atoms with Crippen molar-refractivity contribution in [1.82, 2.24) is 4.90 Å². The van der Waals surface area contributed by atoms with E-state index in [0.29, 0.717) is 13.2 Å². The number of carbonyl (C=O) groups is 1. The van der Waals surface area contributed by atoms with E-state index in [1.54, 1.807) is 0 Å². The lowest BCUT2D eigenvalue weighted by molar-refractivity contribution is -0.150. The Balaban J connectivity index is 3.96. The highest BCUT2D eigenvalue weighted by Gasteiger charge is 2.26. The minimum Gasteiger partial charge on any atom is -0.465 e. The Kier molecular flexibility index (Phi) is 36.3. The molecule has 0 saturated carbocycles. The van der Waals surface area contributed by atoms with Gasteiger partial charge >= 0.3 is 5.97 Å². The van der Waals surface area contributed by atoms with Crippen molar-refractivity contribution >= 4 is 5.97 Å². The van der Waals surface area contributed by atoms with Crippen LogP contribution >= 0.6 is 0 Å². The number of ether oxygens (including phenoxy) is 1. The molecule has 0 aromatic heterocycles. The average Bonchev–Trinajstić information content (AvgIpc) is 3.02. The van der Waals surface area contributed by atoms with Gasteiger partial charge in [-0.2, -0.15) is 0 Å². The zero-order valence-electron chi connectivity index (χ0n) is 30.5. The number of nitrogens with zero attached hydrogens (tertiary/aromatic N) is 1. The van der Waals surface area contributed by atoms with Crippen molar-refractivity contribution in [3.05, 3.63) is 0 Å². The summed E-state index contributed by atoms with van der Waals surface area (Å²) in [5, 5.41) is 9.73. The molecule has 0 spiro atoms. The van der Waals surface area contributed by atoms with E-state index >= 15 is 0 Å². The Morgan fingerprint density at radius 1 is 0.477 bits per heavy atom. The van der Waals surface area contributed by atoms with Crippen LogP contribution in [0, 0.1) is 0 Å². The van der Waals surface area contributed by atoms with Crippen LogP contribution in [0.25, 0.3) is 0 Å². The maximum atomic E-state index is 12.9. The molecule has 1 N–H and O–H groups in total. The van der Waals surface area contributed by atoms with Gasteiger partial charge < -0.3 is 9.84 Å². The van der Waals surface area contributed by atoms with Crippen LogP contribution in [0.1, 0.15) is 220 Å². The Morgan fingerprint density at radius 3 is 1.11 bits per heavy atom. The Hall–Kier alpha value is -0.610. The zero-order valence-corrected chi connectivity index (χ0v) is 30.5. The number of hydrogen-bond acceptors (Lipinski definition) is 4. The molecular formula is C40H81NO3. The quantitative estimate of drug-likeness (QED) is 0.0552. The Morgan fingerprint density at radius 2 is 0.795 bits per heavy atom. The second-order valence-corrected chi connectivity index (χ2v) is 13.7. The molecule has 1 atom stereocenters. The average molecular weight is 624 g/mol. The molecular weight excluding hydrogens is 542 g/mol. The van der Waals surface area contributed by atoms with Crippen molar-refractivity contribution < 1.29 is 14.6 Å². The summed E-state index contributed by atoms with van der Waals surface area (Å²) in [7, 11) is 0. The monoisotopic (exact) mass is 624 g/mol. The molecule has 0 aromatic carbocycles. The van der Waals surface area contributed by atoms with E-state index in [9.17, 15) is 9.90 Å². The van der Waals surface area contributed by atoms with Crippen LogP contribution in [0.15, 0.2) is 0 Å². The molecule has 0 aromatic rings. The highest BCUT2D eigenvalue weighted by molar-refractivity contribution is 5.75. The minimum absolute atomic E-state index is 0.0906. The molecule has 0 rings (SSSR count). The lowest BCUT2D eigenvalue weighted by Crippen LogP contribution is -2.44. The van der Waals surface area contributed by atoms with Crippen LogP contribution in [-0.2, 0) is 9.53 Å². The number of hydrogen-bond donors (Lipinski definition) is 1. The standard InChI is InChI=1S/C40H81NO3/c1-4-7-9-11-13-15-17-19-21-22-24-26-28-30-32-34-36-41(37-38-42)39(40(43)44-6-3)35-33-31-29-27-25-23-20-18-16-14-12-10-8-5-2/h39,42H,4-38H2,1-3H3. The lowest BCUT2D eigenvalue weighted by atomic mass is 10.0. The SMILES string of the molecule is CCCCCCCCCCCCCCCCCCN(CCO)C(CCCCCCCCCCCCCCCC)C(=O)OCC. The summed E-state index contributed by atoms with van der Waals surface area (Å²) in [5.74, 6) is -0.0906. The van der Waals surface area contributed by atoms with Gasteiger partial charge in [0.1, 0.15) is 6.04 Å². The molecule has 0 heterocycles. The van der Waals surface area contributed by atoms with Crippen molar-refractivity contribution in [3.8, 4) is 0 Å². The predicted octanol–water partition coefficient (Wildman–Crippen LogP) is 12.3. The van der Waals surface area contributed by atoms with E-state index in [0.717, 1.165) is 25.8 Å². The summed E-state index contributed by atoms with van der Waals surface area (Å²) < 4.78 is 5.47. The molecule has 0 saturated heterocycles.